The molecule has 0 saturated heterocycles. The Morgan fingerprint density at radius 1 is 1.00 bits per heavy atom. The lowest BCUT2D eigenvalue weighted by molar-refractivity contribution is 0.411. The van der Waals surface area contributed by atoms with Gasteiger partial charge in [0, 0.05) is 12.6 Å². The number of rotatable bonds is 3. The molecule has 0 aliphatic heterocycles. The van der Waals surface area contributed by atoms with Crippen molar-refractivity contribution >= 4 is 5.82 Å². The standard InChI is InChI=1S/C14H17N3O/c1-9-10(2)13(18-4)7-5-11(9)12-6-8-14(15-3)17-16-12/h5-8H,1-4H3,(H,15,17). The molecular formula is C14H17N3O. The zero-order valence-electron chi connectivity index (χ0n) is 11.1. The normalized spacial score (nSPS) is 10.2. The molecule has 0 atom stereocenters. The summed E-state index contributed by atoms with van der Waals surface area (Å²) in [7, 11) is 3.51. The molecule has 1 heterocycles. The zero-order valence-corrected chi connectivity index (χ0v) is 11.1. The third-order valence-electron chi connectivity index (χ3n) is 3.15. The largest absolute Gasteiger partial charge is 0.496 e. The molecule has 4 nitrogen and oxygen atoms in total. The Balaban J connectivity index is 2.47. The highest BCUT2D eigenvalue weighted by molar-refractivity contribution is 5.67. The molecule has 0 aliphatic rings. The van der Waals surface area contributed by atoms with Gasteiger partial charge in [0.2, 0.25) is 0 Å². The van der Waals surface area contributed by atoms with E-state index in [0.717, 1.165) is 28.4 Å². The van der Waals surface area contributed by atoms with Crippen LogP contribution in [0.25, 0.3) is 11.3 Å². The van der Waals surface area contributed by atoms with Crippen molar-refractivity contribution in [2.45, 2.75) is 13.8 Å². The third kappa shape index (κ3) is 2.14. The smallest absolute Gasteiger partial charge is 0.148 e. The molecule has 1 aromatic carbocycles. The molecule has 4 heteroatoms. The van der Waals surface area contributed by atoms with E-state index in [1.165, 1.54) is 5.56 Å². The molecule has 0 spiro atoms. The summed E-state index contributed by atoms with van der Waals surface area (Å²) in [6.45, 7) is 4.12. The first-order valence-corrected chi connectivity index (χ1v) is 5.83. The second kappa shape index (κ2) is 5.04. The van der Waals surface area contributed by atoms with E-state index in [9.17, 15) is 0 Å². The van der Waals surface area contributed by atoms with Gasteiger partial charge in [-0.1, -0.05) is 0 Å². The Morgan fingerprint density at radius 3 is 2.33 bits per heavy atom. The summed E-state index contributed by atoms with van der Waals surface area (Å²) >= 11 is 0. The van der Waals surface area contributed by atoms with Crippen LogP contribution in [0.4, 0.5) is 5.82 Å². The number of hydrogen-bond donors (Lipinski definition) is 1. The van der Waals surface area contributed by atoms with Crippen LogP contribution in [0.5, 0.6) is 5.75 Å². The lowest BCUT2D eigenvalue weighted by atomic mass is 10.00. The average molecular weight is 243 g/mol. The fourth-order valence-corrected chi connectivity index (χ4v) is 1.90. The zero-order chi connectivity index (χ0) is 13.1. The first-order valence-electron chi connectivity index (χ1n) is 5.83. The molecule has 0 radical (unpaired) electrons. The van der Waals surface area contributed by atoms with E-state index >= 15 is 0 Å². The number of hydrogen-bond acceptors (Lipinski definition) is 4. The first-order chi connectivity index (χ1) is 8.67. The number of benzene rings is 1. The van der Waals surface area contributed by atoms with E-state index < -0.39 is 0 Å². The Kier molecular flexibility index (Phi) is 3.46. The minimum atomic E-state index is 0.765. The van der Waals surface area contributed by atoms with Gasteiger partial charge in [-0.15, -0.1) is 10.2 Å². The van der Waals surface area contributed by atoms with Gasteiger partial charge >= 0.3 is 0 Å². The number of nitrogens with zero attached hydrogens (tertiary/aromatic N) is 2. The van der Waals surface area contributed by atoms with Gasteiger partial charge in [0.15, 0.2) is 0 Å². The highest BCUT2D eigenvalue weighted by Crippen LogP contribution is 2.29. The molecule has 0 unspecified atom stereocenters. The van der Waals surface area contributed by atoms with Crippen LogP contribution in [-0.4, -0.2) is 24.4 Å². The van der Waals surface area contributed by atoms with Crippen molar-refractivity contribution in [3.63, 3.8) is 0 Å². The molecule has 1 N–H and O–H groups in total. The van der Waals surface area contributed by atoms with Crippen LogP contribution in [0.1, 0.15) is 11.1 Å². The lowest BCUT2D eigenvalue weighted by Gasteiger charge is -2.12. The number of ether oxygens (including phenoxy) is 1. The molecular weight excluding hydrogens is 226 g/mol. The number of anilines is 1. The van der Waals surface area contributed by atoms with E-state index in [0.29, 0.717) is 0 Å². The average Bonchev–Trinajstić information content (AvgIpc) is 2.42. The maximum atomic E-state index is 5.31. The number of methoxy groups -OCH3 is 1. The summed E-state index contributed by atoms with van der Waals surface area (Å²) in [6.07, 6.45) is 0. The number of aromatic nitrogens is 2. The molecule has 2 rings (SSSR count). The summed E-state index contributed by atoms with van der Waals surface area (Å²) in [6, 6.07) is 7.87. The van der Waals surface area contributed by atoms with Crippen molar-refractivity contribution in [1.29, 1.82) is 0 Å². The van der Waals surface area contributed by atoms with Gasteiger partial charge in [0.1, 0.15) is 11.6 Å². The lowest BCUT2D eigenvalue weighted by Crippen LogP contribution is -1.97. The fourth-order valence-electron chi connectivity index (χ4n) is 1.90. The first kappa shape index (κ1) is 12.4. The topological polar surface area (TPSA) is 47.0 Å². The van der Waals surface area contributed by atoms with Gasteiger partial charge in [-0.3, -0.25) is 0 Å². The van der Waals surface area contributed by atoms with Crippen LogP contribution in [0.3, 0.4) is 0 Å². The van der Waals surface area contributed by atoms with Gasteiger partial charge in [-0.25, -0.2) is 0 Å². The summed E-state index contributed by atoms with van der Waals surface area (Å²) in [4.78, 5) is 0. The Bertz CT molecular complexity index is 550. The maximum absolute atomic E-state index is 5.31. The van der Waals surface area contributed by atoms with Crippen LogP contribution in [-0.2, 0) is 0 Å². The van der Waals surface area contributed by atoms with E-state index in [1.807, 2.05) is 38.2 Å². The minimum absolute atomic E-state index is 0.765. The van der Waals surface area contributed by atoms with Crippen molar-refractivity contribution in [3.8, 4) is 17.0 Å². The van der Waals surface area contributed by atoms with Gasteiger partial charge in [0.25, 0.3) is 0 Å². The summed E-state index contributed by atoms with van der Waals surface area (Å²) in [5.74, 6) is 1.66. The molecule has 94 valence electrons. The van der Waals surface area contributed by atoms with Crippen LogP contribution in [0.15, 0.2) is 24.3 Å². The predicted octanol–water partition coefficient (Wildman–Crippen LogP) is 2.81. The van der Waals surface area contributed by atoms with Crippen molar-refractivity contribution in [3.05, 3.63) is 35.4 Å². The minimum Gasteiger partial charge on any atom is -0.496 e. The van der Waals surface area contributed by atoms with Gasteiger partial charge in [0.05, 0.1) is 12.8 Å². The monoisotopic (exact) mass is 243 g/mol. The number of nitrogens with one attached hydrogen (secondary N) is 1. The van der Waals surface area contributed by atoms with E-state index in [4.69, 9.17) is 4.74 Å². The van der Waals surface area contributed by atoms with Crippen LogP contribution >= 0.6 is 0 Å². The second-order valence-corrected chi connectivity index (χ2v) is 4.12. The van der Waals surface area contributed by atoms with E-state index in [2.05, 4.69) is 22.4 Å². The predicted molar refractivity (Wildman–Crippen MR) is 73.0 cm³/mol. The SMILES string of the molecule is CNc1ccc(-c2ccc(OC)c(C)c2C)nn1. The highest BCUT2D eigenvalue weighted by Gasteiger charge is 2.09. The molecule has 0 amide bonds. The molecule has 0 bridgehead atoms. The van der Waals surface area contributed by atoms with Crippen molar-refractivity contribution in [2.75, 3.05) is 19.5 Å². The Morgan fingerprint density at radius 2 is 1.78 bits per heavy atom. The fraction of sp³-hybridized carbons (Fsp3) is 0.286. The van der Waals surface area contributed by atoms with Gasteiger partial charge < -0.3 is 10.1 Å². The Hall–Kier alpha value is -2.10. The quantitative estimate of drug-likeness (QED) is 0.900. The Labute approximate surface area is 107 Å². The summed E-state index contributed by atoms with van der Waals surface area (Å²) in [5.41, 5.74) is 4.26. The van der Waals surface area contributed by atoms with E-state index in [1.54, 1.807) is 7.11 Å². The molecule has 18 heavy (non-hydrogen) atoms. The third-order valence-corrected chi connectivity index (χ3v) is 3.15. The van der Waals surface area contributed by atoms with Crippen molar-refractivity contribution < 1.29 is 4.74 Å². The van der Waals surface area contributed by atoms with Crippen molar-refractivity contribution in [2.24, 2.45) is 0 Å². The summed E-state index contributed by atoms with van der Waals surface area (Å²) in [5, 5.41) is 11.3. The molecule has 1 aromatic heterocycles. The van der Waals surface area contributed by atoms with E-state index in [-0.39, 0.29) is 0 Å². The van der Waals surface area contributed by atoms with Crippen LogP contribution in [0.2, 0.25) is 0 Å². The van der Waals surface area contributed by atoms with Crippen LogP contribution in [0, 0.1) is 13.8 Å². The van der Waals surface area contributed by atoms with Gasteiger partial charge in [-0.2, -0.15) is 0 Å². The molecule has 0 saturated carbocycles. The van der Waals surface area contributed by atoms with Gasteiger partial charge in [-0.05, 0) is 49.2 Å². The second-order valence-electron chi connectivity index (χ2n) is 4.12. The van der Waals surface area contributed by atoms with Crippen LogP contribution < -0.4 is 10.1 Å². The molecule has 2 aromatic rings. The maximum Gasteiger partial charge on any atom is 0.148 e. The molecule has 0 fully saturated rings. The van der Waals surface area contributed by atoms with Crippen molar-refractivity contribution in [1.82, 2.24) is 10.2 Å². The highest BCUT2D eigenvalue weighted by atomic mass is 16.5. The summed E-state index contributed by atoms with van der Waals surface area (Å²) < 4.78 is 5.31. The molecule has 0 aliphatic carbocycles.